The Bertz CT molecular complexity index is 422. The third-order valence-electron chi connectivity index (χ3n) is 2.78. The number of nitrogens with zero attached hydrogens (tertiary/aromatic N) is 1. The zero-order valence-corrected chi connectivity index (χ0v) is 9.03. The maximum absolute atomic E-state index is 13.7. The van der Waals surface area contributed by atoms with Gasteiger partial charge in [0, 0.05) is 18.8 Å². The van der Waals surface area contributed by atoms with Gasteiger partial charge < -0.3 is 16.0 Å². The van der Waals surface area contributed by atoms with Crippen molar-refractivity contribution in [3.05, 3.63) is 24.0 Å². The van der Waals surface area contributed by atoms with E-state index in [9.17, 15) is 9.18 Å². The number of piperazine rings is 1. The zero-order valence-electron chi connectivity index (χ0n) is 9.03. The van der Waals surface area contributed by atoms with Crippen LogP contribution < -0.4 is 16.0 Å². The van der Waals surface area contributed by atoms with Gasteiger partial charge in [-0.05, 0) is 25.1 Å². The Morgan fingerprint density at radius 3 is 3.00 bits per heavy atom. The van der Waals surface area contributed by atoms with Crippen LogP contribution in [0.25, 0.3) is 0 Å². The number of nitrogens with one attached hydrogen (secondary N) is 1. The van der Waals surface area contributed by atoms with Gasteiger partial charge in [-0.1, -0.05) is 0 Å². The molecular formula is C11H14FN3O. The molecule has 0 radical (unpaired) electrons. The molecule has 1 heterocycles. The number of amides is 1. The third kappa shape index (κ3) is 1.80. The number of benzene rings is 1. The molecule has 1 atom stereocenters. The molecule has 1 unspecified atom stereocenters. The van der Waals surface area contributed by atoms with E-state index in [-0.39, 0.29) is 17.8 Å². The molecule has 16 heavy (non-hydrogen) atoms. The standard InChI is InChI=1S/C11H14FN3O/c1-7-11(16)14-4-5-15(7)10-3-2-8(13)6-9(10)12/h2-3,6-7H,4-5,13H2,1H3,(H,14,16). The van der Waals surface area contributed by atoms with E-state index in [1.807, 2.05) is 0 Å². The molecule has 1 saturated heterocycles. The fourth-order valence-electron chi connectivity index (χ4n) is 1.87. The minimum absolute atomic E-state index is 0.0810. The van der Waals surface area contributed by atoms with Gasteiger partial charge in [-0.3, -0.25) is 4.79 Å². The van der Waals surface area contributed by atoms with Crippen molar-refractivity contribution in [2.45, 2.75) is 13.0 Å². The van der Waals surface area contributed by atoms with Gasteiger partial charge in [0.1, 0.15) is 11.9 Å². The van der Waals surface area contributed by atoms with Crippen LogP contribution in [0.2, 0.25) is 0 Å². The molecule has 5 heteroatoms. The van der Waals surface area contributed by atoms with Crippen LogP contribution in [-0.4, -0.2) is 25.0 Å². The summed E-state index contributed by atoms with van der Waals surface area (Å²) in [5.74, 6) is -0.468. The SMILES string of the molecule is CC1C(=O)NCCN1c1ccc(N)cc1F. The molecule has 3 N–H and O–H groups in total. The minimum Gasteiger partial charge on any atom is -0.399 e. The molecule has 1 aliphatic rings. The Morgan fingerprint density at radius 1 is 1.56 bits per heavy atom. The van der Waals surface area contributed by atoms with E-state index in [2.05, 4.69) is 5.32 Å². The van der Waals surface area contributed by atoms with Crippen molar-refractivity contribution in [2.24, 2.45) is 0 Å². The highest BCUT2D eigenvalue weighted by Gasteiger charge is 2.27. The third-order valence-corrected chi connectivity index (χ3v) is 2.78. The highest BCUT2D eigenvalue weighted by atomic mass is 19.1. The van der Waals surface area contributed by atoms with Gasteiger partial charge in [-0.15, -0.1) is 0 Å². The maximum atomic E-state index is 13.7. The number of nitrogens with two attached hydrogens (primary N) is 1. The maximum Gasteiger partial charge on any atom is 0.242 e. The summed E-state index contributed by atoms with van der Waals surface area (Å²) in [7, 11) is 0. The van der Waals surface area contributed by atoms with Crippen LogP contribution in [-0.2, 0) is 4.79 Å². The quantitative estimate of drug-likeness (QED) is 0.690. The largest absolute Gasteiger partial charge is 0.399 e. The Morgan fingerprint density at radius 2 is 2.31 bits per heavy atom. The van der Waals surface area contributed by atoms with E-state index >= 15 is 0 Å². The van der Waals surface area contributed by atoms with Crippen LogP contribution in [0.4, 0.5) is 15.8 Å². The van der Waals surface area contributed by atoms with Crippen LogP contribution in [0.1, 0.15) is 6.92 Å². The number of anilines is 2. The smallest absolute Gasteiger partial charge is 0.242 e. The molecule has 1 fully saturated rings. The second kappa shape index (κ2) is 4.00. The lowest BCUT2D eigenvalue weighted by molar-refractivity contribution is -0.122. The van der Waals surface area contributed by atoms with Crippen molar-refractivity contribution < 1.29 is 9.18 Å². The van der Waals surface area contributed by atoms with Crippen molar-refractivity contribution in [3.8, 4) is 0 Å². The summed E-state index contributed by atoms with van der Waals surface area (Å²) in [6.45, 7) is 2.89. The molecule has 0 aromatic heterocycles. The topological polar surface area (TPSA) is 58.4 Å². The molecule has 2 rings (SSSR count). The Hall–Kier alpha value is -1.78. The predicted octanol–water partition coefficient (Wildman–Crippen LogP) is 0.733. The normalized spacial score (nSPS) is 20.8. The number of halogens is 1. The summed E-state index contributed by atoms with van der Waals surface area (Å²) in [6.07, 6.45) is 0. The fraction of sp³-hybridized carbons (Fsp3) is 0.364. The number of carbonyl (C=O) groups is 1. The first-order valence-electron chi connectivity index (χ1n) is 5.19. The van der Waals surface area contributed by atoms with Crippen molar-refractivity contribution in [3.63, 3.8) is 0 Å². The zero-order chi connectivity index (χ0) is 11.7. The van der Waals surface area contributed by atoms with E-state index in [4.69, 9.17) is 5.73 Å². The molecule has 1 aromatic rings. The van der Waals surface area contributed by atoms with Crippen LogP contribution in [0.5, 0.6) is 0 Å². The van der Waals surface area contributed by atoms with E-state index in [1.165, 1.54) is 6.07 Å². The summed E-state index contributed by atoms with van der Waals surface area (Å²) in [5, 5.41) is 2.73. The average Bonchev–Trinajstić information content (AvgIpc) is 2.23. The fourth-order valence-corrected chi connectivity index (χ4v) is 1.87. The second-order valence-corrected chi connectivity index (χ2v) is 3.87. The highest BCUT2D eigenvalue weighted by Crippen LogP contribution is 2.24. The van der Waals surface area contributed by atoms with Gasteiger partial charge in [0.15, 0.2) is 0 Å². The van der Waals surface area contributed by atoms with Gasteiger partial charge in [0.2, 0.25) is 5.91 Å². The molecule has 0 spiro atoms. The Balaban J connectivity index is 2.32. The van der Waals surface area contributed by atoms with Crippen molar-refractivity contribution in [1.82, 2.24) is 5.32 Å². The van der Waals surface area contributed by atoms with E-state index in [0.717, 1.165) is 0 Å². The van der Waals surface area contributed by atoms with E-state index < -0.39 is 0 Å². The number of rotatable bonds is 1. The van der Waals surface area contributed by atoms with Crippen molar-refractivity contribution in [2.75, 3.05) is 23.7 Å². The minimum atomic E-state index is -0.387. The summed E-state index contributed by atoms with van der Waals surface area (Å²) < 4.78 is 13.7. The number of carbonyl (C=O) groups excluding carboxylic acids is 1. The van der Waals surface area contributed by atoms with Crippen molar-refractivity contribution >= 4 is 17.3 Å². The molecule has 86 valence electrons. The van der Waals surface area contributed by atoms with Gasteiger partial charge >= 0.3 is 0 Å². The monoisotopic (exact) mass is 223 g/mol. The number of hydrogen-bond acceptors (Lipinski definition) is 3. The van der Waals surface area contributed by atoms with Crippen LogP contribution in [0, 0.1) is 5.82 Å². The summed E-state index contributed by atoms with van der Waals surface area (Å²) in [6, 6.07) is 4.17. The molecular weight excluding hydrogens is 209 g/mol. The van der Waals surface area contributed by atoms with Crippen molar-refractivity contribution in [1.29, 1.82) is 0 Å². The lowest BCUT2D eigenvalue weighted by Gasteiger charge is -2.34. The van der Waals surface area contributed by atoms with Crippen LogP contribution in [0.3, 0.4) is 0 Å². The number of hydrogen-bond donors (Lipinski definition) is 2. The lowest BCUT2D eigenvalue weighted by atomic mass is 10.1. The Labute approximate surface area is 93.2 Å². The average molecular weight is 223 g/mol. The second-order valence-electron chi connectivity index (χ2n) is 3.87. The van der Waals surface area contributed by atoms with Crippen LogP contribution >= 0.6 is 0 Å². The summed E-state index contributed by atoms with van der Waals surface area (Å²) >= 11 is 0. The molecule has 0 saturated carbocycles. The first-order valence-corrected chi connectivity index (χ1v) is 5.19. The van der Waals surface area contributed by atoms with E-state index in [0.29, 0.717) is 24.5 Å². The summed E-state index contributed by atoms with van der Waals surface area (Å²) in [4.78, 5) is 13.2. The molecule has 1 aliphatic heterocycles. The molecule has 0 aliphatic carbocycles. The predicted molar refractivity (Wildman–Crippen MR) is 60.6 cm³/mol. The first kappa shape index (κ1) is 10.7. The lowest BCUT2D eigenvalue weighted by Crippen LogP contribution is -2.54. The molecule has 1 aromatic carbocycles. The molecule has 0 bridgehead atoms. The van der Waals surface area contributed by atoms with Gasteiger partial charge in [-0.25, -0.2) is 4.39 Å². The first-order chi connectivity index (χ1) is 7.59. The number of nitrogen functional groups attached to an aromatic ring is 1. The molecule has 1 amide bonds. The van der Waals surface area contributed by atoms with Gasteiger partial charge in [0.05, 0.1) is 5.69 Å². The summed E-state index contributed by atoms with van der Waals surface area (Å²) in [5.41, 5.74) is 6.29. The Kier molecular flexibility index (Phi) is 2.68. The highest BCUT2D eigenvalue weighted by molar-refractivity contribution is 5.86. The van der Waals surface area contributed by atoms with Gasteiger partial charge in [-0.2, -0.15) is 0 Å². The van der Waals surface area contributed by atoms with Gasteiger partial charge in [0.25, 0.3) is 0 Å². The molecule has 4 nitrogen and oxygen atoms in total. The van der Waals surface area contributed by atoms with E-state index in [1.54, 1.807) is 24.0 Å². The van der Waals surface area contributed by atoms with Crippen LogP contribution in [0.15, 0.2) is 18.2 Å².